The summed E-state index contributed by atoms with van der Waals surface area (Å²) in [6.45, 7) is 0. The number of ketones is 1. The van der Waals surface area contributed by atoms with E-state index >= 15 is 0 Å². The highest BCUT2D eigenvalue weighted by atomic mass is 16.3. The normalized spacial score (nSPS) is 9.72. The van der Waals surface area contributed by atoms with E-state index in [0.717, 1.165) is 0 Å². The van der Waals surface area contributed by atoms with Crippen LogP contribution in [0.15, 0.2) is 42.5 Å². The van der Waals surface area contributed by atoms with Crippen molar-refractivity contribution < 1.29 is 15.0 Å². The van der Waals surface area contributed by atoms with Gasteiger partial charge in [0.15, 0.2) is 17.3 Å². The van der Waals surface area contributed by atoms with Crippen LogP contribution in [0, 0.1) is 11.3 Å². The number of nitriles is 1. The summed E-state index contributed by atoms with van der Waals surface area (Å²) >= 11 is 0. The summed E-state index contributed by atoms with van der Waals surface area (Å²) in [5.41, 5.74) is 0.192. The molecule has 4 heteroatoms. The Labute approximate surface area is 103 Å². The Morgan fingerprint density at radius 3 is 2.33 bits per heavy atom. The zero-order valence-electron chi connectivity index (χ0n) is 9.29. The highest BCUT2D eigenvalue weighted by Crippen LogP contribution is 2.32. The Hall–Kier alpha value is -2.80. The summed E-state index contributed by atoms with van der Waals surface area (Å²) < 4.78 is 0. The van der Waals surface area contributed by atoms with Crippen LogP contribution in [0.4, 0.5) is 0 Å². The minimum atomic E-state index is -0.567. The van der Waals surface area contributed by atoms with Gasteiger partial charge in [0.05, 0.1) is 11.1 Å². The van der Waals surface area contributed by atoms with Crippen molar-refractivity contribution in [3.8, 4) is 17.6 Å². The van der Waals surface area contributed by atoms with Crippen LogP contribution in [0.2, 0.25) is 0 Å². The number of nitrogens with zero attached hydrogens (tertiary/aromatic N) is 1. The number of carbonyl (C=O) groups excluding carboxylic acids is 1. The molecule has 0 aliphatic rings. The van der Waals surface area contributed by atoms with Crippen molar-refractivity contribution in [1.82, 2.24) is 0 Å². The highest BCUT2D eigenvalue weighted by Gasteiger charge is 2.20. The number of hydrogen-bond donors (Lipinski definition) is 2. The predicted molar refractivity (Wildman–Crippen MR) is 64.4 cm³/mol. The molecule has 0 aliphatic heterocycles. The van der Waals surface area contributed by atoms with Gasteiger partial charge in [-0.05, 0) is 12.1 Å². The maximum Gasteiger partial charge on any atom is 0.198 e. The topological polar surface area (TPSA) is 81.3 Å². The van der Waals surface area contributed by atoms with Crippen LogP contribution in [-0.4, -0.2) is 16.0 Å². The fraction of sp³-hybridized carbons (Fsp3) is 0. The minimum absolute atomic E-state index is 0.0270. The molecule has 0 atom stereocenters. The highest BCUT2D eigenvalue weighted by molar-refractivity contribution is 6.12. The molecule has 0 heterocycles. The molecule has 0 amide bonds. The SMILES string of the molecule is N#Cc1ccc(O)c(O)c1C(=O)c1ccccc1. The lowest BCUT2D eigenvalue weighted by molar-refractivity contribution is 0.103. The Morgan fingerprint density at radius 1 is 1.06 bits per heavy atom. The third-order valence-corrected chi connectivity index (χ3v) is 2.54. The van der Waals surface area contributed by atoms with Gasteiger partial charge < -0.3 is 10.2 Å². The minimum Gasteiger partial charge on any atom is -0.504 e. The van der Waals surface area contributed by atoms with Crippen LogP contribution in [0.3, 0.4) is 0 Å². The molecule has 4 nitrogen and oxygen atoms in total. The van der Waals surface area contributed by atoms with Crippen molar-refractivity contribution in [3.63, 3.8) is 0 Å². The molecule has 0 spiro atoms. The maximum atomic E-state index is 12.2. The second-order valence-corrected chi connectivity index (χ2v) is 3.66. The van der Waals surface area contributed by atoms with Crippen molar-refractivity contribution in [1.29, 1.82) is 5.26 Å². The van der Waals surface area contributed by atoms with Crippen LogP contribution in [0.25, 0.3) is 0 Å². The average molecular weight is 239 g/mol. The second kappa shape index (κ2) is 4.60. The van der Waals surface area contributed by atoms with Gasteiger partial charge in [-0.25, -0.2) is 0 Å². The molecule has 0 unspecified atom stereocenters. The van der Waals surface area contributed by atoms with Gasteiger partial charge in [0, 0.05) is 5.56 Å². The fourth-order valence-electron chi connectivity index (χ4n) is 1.64. The molecule has 2 aromatic rings. The smallest absolute Gasteiger partial charge is 0.198 e. The number of aromatic hydroxyl groups is 2. The van der Waals surface area contributed by atoms with Crippen molar-refractivity contribution in [3.05, 3.63) is 59.2 Å². The monoisotopic (exact) mass is 239 g/mol. The molecular weight excluding hydrogens is 230 g/mol. The standard InChI is InChI=1S/C14H9NO3/c15-8-10-6-7-11(16)14(18)12(10)13(17)9-4-2-1-3-5-9/h1-7,16,18H. The molecule has 2 rings (SSSR count). The first kappa shape index (κ1) is 11.7. The number of phenols is 2. The third kappa shape index (κ3) is 1.89. The van der Waals surface area contributed by atoms with Gasteiger partial charge in [-0.1, -0.05) is 30.3 Å². The van der Waals surface area contributed by atoms with Crippen molar-refractivity contribution in [2.75, 3.05) is 0 Å². The van der Waals surface area contributed by atoms with Crippen LogP contribution >= 0.6 is 0 Å². The van der Waals surface area contributed by atoms with Gasteiger partial charge in [-0.3, -0.25) is 4.79 Å². The molecule has 0 radical (unpaired) electrons. The lowest BCUT2D eigenvalue weighted by Gasteiger charge is -2.07. The van der Waals surface area contributed by atoms with E-state index in [0.29, 0.717) is 5.56 Å². The Morgan fingerprint density at radius 2 is 1.72 bits per heavy atom. The average Bonchev–Trinajstić information content (AvgIpc) is 2.42. The Kier molecular flexibility index (Phi) is 2.98. The molecule has 2 aromatic carbocycles. The van der Waals surface area contributed by atoms with Crippen LogP contribution in [0.5, 0.6) is 11.5 Å². The molecule has 0 aliphatic carbocycles. The van der Waals surface area contributed by atoms with Crippen molar-refractivity contribution >= 4 is 5.78 Å². The first-order valence-corrected chi connectivity index (χ1v) is 5.20. The summed E-state index contributed by atoms with van der Waals surface area (Å²) in [6, 6.07) is 12.6. The van der Waals surface area contributed by atoms with E-state index in [4.69, 9.17) is 5.26 Å². The van der Waals surface area contributed by atoms with Gasteiger partial charge in [0.2, 0.25) is 0 Å². The first-order chi connectivity index (χ1) is 8.65. The molecular formula is C14H9NO3. The molecule has 0 saturated carbocycles. The summed E-state index contributed by atoms with van der Waals surface area (Å²) in [4.78, 5) is 12.2. The third-order valence-electron chi connectivity index (χ3n) is 2.54. The molecule has 18 heavy (non-hydrogen) atoms. The summed E-state index contributed by atoms with van der Waals surface area (Å²) in [5, 5.41) is 28.1. The zero-order chi connectivity index (χ0) is 13.1. The zero-order valence-corrected chi connectivity index (χ0v) is 9.29. The number of hydrogen-bond acceptors (Lipinski definition) is 4. The Bertz CT molecular complexity index is 642. The van der Waals surface area contributed by atoms with E-state index in [1.807, 2.05) is 6.07 Å². The molecule has 0 saturated heterocycles. The Balaban J connectivity index is 2.62. The fourth-order valence-corrected chi connectivity index (χ4v) is 1.64. The van der Waals surface area contributed by atoms with E-state index in [-0.39, 0.29) is 11.1 Å². The largest absolute Gasteiger partial charge is 0.504 e. The van der Waals surface area contributed by atoms with E-state index in [1.54, 1.807) is 30.3 Å². The first-order valence-electron chi connectivity index (χ1n) is 5.20. The molecule has 0 bridgehead atoms. The van der Waals surface area contributed by atoms with Crippen molar-refractivity contribution in [2.45, 2.75) is 0 Å². The van der Waals surface area contributed by atoms with Crippen molar-refractivity contribution in [2.24, 2.45) is 0 Å². The molecule has 88 valence electrons. The van der Waals surface area contributed by atoms with Gasteiger partial charge in [0.25, 0.3) is 0 Å². The van der Waals surface area contributed by atoms with E-state index in [2.05, 4.69) is 0 Å². The van der Waals surface area contributed by atoms with Gasteiger partial charge in [-0.15, -0.1) is 0 Å². The van der Waals surface area contributed by atoms with Gasteiger partial charge in [-0.2, -0.15) is 5.26 Å². The second-order valence-electron chi connectivity index (χ2n) is 3.66. The summed E-state index contributed by atoms with van der Waals surface area (Å²) in [6.07, 6.45) is 0. The molecule has 0 aromatic heterocycles. The van der Waals surface area contributed by atoms with E-state index in [1.165, 1.54) is 12.1 Å². The van der Waals surface area contributed by atoms with Gasteiger partial charge >= 0.3 is 0 Å². The van der Waals surface area contributed by atoms with Crippen LogP contribution in [0.1, 0.15) is 21.5 Å². The molecule has 0 fully saturated rings. The van der Waals surface area contributed by atoms with Gasteiger partial charge in [0.1, 0.15) is 6.07 Å². The maximum absolute atomic E-state index is 12.2. The number of carbonyl (C=O) groups is 1. The number of phenolic OH excluding ortho intramolecular Hbond substituents is 2. The van der Waals surface area contributed by atoms with E-state index < -0.39 is 17.3 Å². The molecule has 2 N–H and O–H groups in total. The quantitative estimate of drug-likeness (QED) is 0.621. The lowest BCUT2D eigenvalue weighted by Crippen LogP contribution is -2.04. The van der Waals surface area contributed by atoms with Crippen LogP contribution in [-0.2, 0) is 0 Å². The summed E-state index contributed by atoms with van der Waals surface area (Å²) in [7, 11) is 0. The number of rotatable bonds is 2. The lowest BCUT2D eigenvalue weighted by atomic mass is 9.97. The van der Waals surface area contributed by atoms with E-state index in [9.17, 15) is 15.0 Å². The van der Waals surface area contributed by atoms with Crippen LogP contribution < -0.4 is 0 Å². The predicted octanol–water partition coefficient (Wildman–Crippen LogP) is 2.20. The number of benzene rings is 2. The summed E-state index contributed by atoms with van der Waals surface area (Å²) in [5.74, 6) is -1.49.